The van der Waals surface area contributed by atoms with Crippen molar-refractivity contribution in [2.75, 3.05) is 25.5 Å². The summed E-state index contributed by atoms with van der Waals surface area (Å²) < 4.78 is 10.8. The standard InChI is InChI=1S/C17H25ClN4O3/c1-17(2,3)25-16(23)22-8-10-5-12(6-11(10)9-22)19-15-13(24-4)7-14(18)20-21-15/h7,10-12H,5-6,8-9H2,1-4H3,(H,19,21)/t10-,11?,12?/m1/s1. The van der Waals surface area contributed by atoms with Gasteiger partial charge < -0.3 is 19.7 Å². The van der Waals surface area contributed by atoms with Crippen LogP contribution in [-0.4, -0.2) is 53.0 Å². The van der Waals surface area contributed by atoms with Crippen LogP contribution >= 0.6 is 11.6 Å². The first-order valence-corrected chi connectivity index (χ1v) is 8.94. The van der Waals surface area contributed by atoms with E-state index in [2.05, 4.69) is 15.5 Å². The van der Waals surface area contributed by atoms with Gasteiger partial charge in [0.25, 0.3) is 0 Å². The molecule has 138 valence electrons. The molecule has 0 bridgehead atoms. The van der Waals surface area contributed by atoms with Gasteiger partial charge in [-0.05, 0) is 45.4 Å². The summed E-state index contributed by atoms with van der Waals surface area (Å²) in [5.41, 5.74) is -0.456. The number of nitrogens with one attached hydrogen (secondary N) is 1. The van der Waals surface area contributed by atoms with E-state index in [4.69, 9.17) is 21.1 Å². The Hall–Kier alpha value is -1.76. The van der Waals surface area contributed by atoms with E-state index < -0.39 is 5.60 Å². The van der Waals surface area contributed by atoms with E-state index in [0.29, 0.717) is 34.6 Å². The van der Waals surface area contributed by atoms with Crippen LogP contribution in [0.15, 0.2) is 6.07 Å². The van der Waals surface area contributed by atoms with Crippen LogP contribution in [0.4, 0.5) is 10.6 Å². The zero-order valence-electron chi connectivity index (χ0n) is 15.1. The molecule has 0 aromatic carbocycles. The largest absolute Gasteiger partial charge is 0.493 e. The summed E-state index contributed by atoms with van der Waals surface area (Å²) in [6.45, 7) is 7.18. The number of amides is 1. The first-order chi connectivity index (χ1) is 11.7. The molecule has 2 heterocycles. The number of carbonyl (C=O) groups is 1. The molecule has 25 heavy (non-hydrogen) atoms. The molecule has 1 saturated heterocycles. The number of hydrogen-bond acceptors (Lipinski definition) is 6. The number of fused-ring (bicyclic) bond motifs is 1. The summed E-state index contributed by atoms with van der Waals surface area (Å²) in [6, 6.07) is 1.94. The summed E-state index contributed by atoms with van der Waals surface area (Å²) in [5, 5.41) is 11.7. The lowest BCUT2D eigenvalue weighted by Crippen LogP contribution is -2.36. The highest BCUT2D eigenvalue weighted by Gasteiger charge is 2.43. The van der Waals surface area contributed by atoms with Crippen molar-refractivity contribution in [3.8, 4) is 5.75 Å². The van der Waals surface area contributed by atoms with Crippen LogP contribution < -0.4 is 10.1 Å². The summed E-state index contributed by atoms with van der Waals surface area (Å²) >= 11 is 5.85. The van der Waals surface area contributed by atoms with Gasteiger partial charge >= 0.3 is 6.09 Å². The van der Waals surface area contributed by atoms with E-state index in [0.717, 1.165) is 25.9 Å². The molecule has 2 aliphatic rings. The van der Waals surface area contributed by atoms with Crippen LogP contribution in [0.3, 0.4) is 0 Å². The van der Waals surface area contributed by atoms with Crippen molar-refractivity contribution < 1.29 is 14.3 Å². The van der Waals surface area contributed by atoms with Crippen LogP contribution in [0.1, 0.15) is 33.6 Å². The molecule has 1 saturated carbocycles. The Labute approximate surface area is 153 Å². The quantitative estimate of drug-likeness (QED) is 0.882. The fraction of sp³-hybridized carbons (Fsp3) is 0.706. The van der Waals surface area contributed by atoms with Crippen molar-refractivity contribution in [1.29, 1.82) is 0 Å². The van der Waals surface area contributed by atoms with Gasteiger partial charge in [0.15, 0.2) is 16.7 Å². The average molecular weight is 369 g/mol. The highest BCUT2D eigenvalue weighted by Crippen LogP contribution is 2.40. The molecule has 1 aromatic heterocycles. The van der Waals surface area contributed by atoms with Crippen molar-refractivity contribution in [3.05, 3.63) is 11.2 Å². The first kappa shape index (κ1) is 18.0. The van der Waals surface area contributed by atoms with Gasteiger partial charge in [-0.1, -0.05) is 11.6 Å². The minimum Gasteiger partial charge on any atom is -0.493 e. The van der Waals surface area contributed by atoms with Gasteiger partial charge in [0.05, 0.1) is 7.11 Å². The molecular formula is C17H25ClN4O3. The Morgan fingerprint density at radius 3 is 2.48 bits per heavy atom. The Morgan fingerprint density at radius 2 is 1.92 bits per heavy atom. The topological polar surface area (TPSA) is 76.6 Å². The number of carbonyl (C=O) groups excluding carboxylic acids is 1. The predicted molar refractivity (Wildman–Crippen MR) is 95.0 cm³/mol. The zero-order valence-corrected chi connectivity index (χ0v) is 15.8. The molecule has 2 fully saturated rings. The average Bonchev–Trinajstić information content (AvgIpc) is 3.05. The molecule has 2 unspecified atom stereocenters. The molecule has 3 atom stereocenters. The van der Waals surface area contributed by atoms with Gasteiger partial charge in [-0.3, -0.25) is 0 Å². The van der Waals surface area contributed by atoms with Crippen molar-refractivity contribution in [2.45, 2.75) is 45.3 Å². The maximum Gasteiger partial charge on any atom is 0.410 e. The molecule has 1 aliphatic heterocycles. The predicted octanol–water partition coefficient (Wildman–Crippen LogP) is 3.20. The van der Waals surface area contributed by atoms with Gasteiger partial charge in [0.2, 0.25) is 0 Å². The van der Waals surface area contributed by atoms with E-state index in [1.807, 2.05) is 25.7 Å². The Kier molecular flexibility index (Phi) is 4.95. The minimum absolute atomic E-state index is 0.211. The van der Waals surface area contributed by atoms with Crippen molar-refractivity contribution in [2.24, 2.45) is 11.8 Å². The van der Waals surface area contributed by atoms with E-state index in [9.17, 15) is 4.79 Å². The number of methoxy groups -OCH3 is 1. The summed E-state index contributed by atoms with van der Waals surface area (Å²) in [4.78, 5) is 14.1. The molecule has 0 spiro atoms. The molecule has 3 rings (SSSR count). The zero-order chi connectivity index (χ0) is 18.2. The summed E-state index contributed by atoms with van der Waals surface area (Å²) in [6.07, 6.45) is 1.76. The SMILES string of the molecule is COc1cc(Cl)nnc1NC1CC2CN(C(=O)OC(C)(C)C)C[C@H]2C1. The number of ether oxygens (including phenoxy) is 2. The van der Waals surface area contributed by atoms with Crippen molar-refractivity contribution >= 4 is 23.5 Å². The third-order valence-electron chi connectivity index (χ3n) is 4.69. The van der Waals surface area contributed by atoms with Crippen LogP contribution in [-0.2, 0) is 4.74 Å². The third kappa shape index (κ3) is 4.26. The molecule has 7 nitrogen and oxygen atoms in total. The second-order valence-corrected chi connectivity index (χ2v) is 8.19. The lowest BCUT2D eigenvalue weighted by atomic mass is 10.0. The van der Waals surface area contributed by atoms with Crippen LogP contribution in [0.25, 0.3) is 0 Å². The molecular weight excluding hydrogens is 344 g/mol. The monoisotopic (exact) mass is 368 g/mol. The fourth-order valence-electron chi connectivity index (χ4n) is 3.69. The number of nitrogens with zero attached hydrogens (tertiary/aromatic N) is 3. The lowest BCUT2D eigenvalue weighted by Gasteiger charge is -2.25. The molecule has 8 heteroatoms. The highest BCUT2D eigenvalue weighted by atomic mass is 35.5. The van der Waals surface area contributed by atoms with Gasteiger partial charge in [-0.25, -0.2) is 4.79 Å². The molecule has 1 aromatic rings. The molecule has 1 amide bonds. The number of aromatic nitrogens is 2. The number of anilines is 1. The normalized spacial score (nSPS) is 25.6. The second kappa shape index (κ2) is 6.86. The maximum atomic E-state index is 12.2. The van der Waals surface area contributed by atoms with Crippen LogP contribution in [0.2, 0.25) is 5.15 Å². The van der Waals surface area contributed by atoms with Gasteiger partial charge in [-0.15, -0.1) is 10.2 Å². The fourth-order valence-corrected chi connectivity index (χ4v) is 3.83. The van der Waals surface area contributed by atoms with E-state index >= 15 is 0 Å². The number of rotatable bonds is 3. The molecule has 1 aliphatic carbocycles. The second-order valence-electron chi connectivity index (χ2n) is 7.80. The van der Waals surface area contributed by atoms with Crippen molar-refractivity contribution in [1.82, 2.24) is 15.1 Å². The Morgan fingerprint density at radius 1 is 1.28 bits per heavy atom. The summed E-state index contributed by atoms with van der Waals surface area (Å²) in [5.74, 6) is 2.17. The minimum atomic E-state index is -0.456. The Bertz CT molecular complexity index is 635. The van der Waals surface area contributed by atoms with E-state index in [1.165, 1.54) is 0 Å². The first-order valence-electron chi connectivity index (χ1n) is 8.57. The smallest absolute Gasteiger partial charge is 0.410 e. The van der Waals surface area contributed by atoms with Crippen molar-refractivity contribution in [3.63, 3.8) is 0 Å². The number of halogens is 1. The summed E-state index contributed by atoms with van der Waals surface area (Å²) in [7, 11) is 1.58. The van der Waals surface area contributed by atoms with Gasteiger partial charge in [0, 0.05) is 25.2 Å². The third-order valence-corrected chi connectivity index (χ3v) is 4.88. The van der Waals surface area contributed by atoms with Crippen LogP contribution in [0, 0.1) is 11.8 Å². The lowest BCUT2D eigenvalue weighted by molar-refractivity contribution is 0.0280. The maximum absolute atomic E-state index is 12.2. The number of likely N-dealkylation sites (tertiary alicyclic amines) is 1. The van der Waals surface area contributed by atoms with Gasteiger partial charge in [0.1, 0.15) is 5.60 Å². The molecule has 0 radical (unpaired) electrons. The number of hydrogen-bond donors (Lipinski definition) is 1. The van der Waals surface area contributed by atoms with E-state index in [1.54, 1.807) is 13.2 Å². The van der Waals surface area contributed by atoms with E-state index in [-0.39, 0.29) is 6.09 Å². The molecule has 1 N–H and O–H groups in total. The Balaban J connectivity index is 1.56. The highest BCUT2D eigenvalue weighted by molar-refractivity contribution is 6.29. The van der Waals surface area contributed by atoms with Gasteiger partial charge in [-0.2, -0.15) is 0 Å². The van der Waals surface area contributed by atoms with Crippen LogP contribution in [0.5, 0.6) is 5.75 Å².